The normalized spacial score (nSPS) is 15.9. The Morgan fingerprint density at radius 2 is 0.952 bits per heavy atom. The fraction of sp³-hybridized carbons (Fsp3) is 1.00. The summed E-state index contributed by atoms with van der Waals surface area (Å²) >= 11 is 0. The van der Waals surface area contributed by atoms with Crippen molar-refractivity contribution >= 4 is 10.0 Å². The summed E-state index contributed by atoms with van der Waals surface area (Å²) in [6.45, 7) is 0. The van der Waals surface area contributed by atoms with Crippen LogP contribution in [0.1, 0.15) is 0 Å². The van der Waals surface area contributed by atoms with Crippen molar-refractivity contribution < 1.29 is 61.3 Å². The van der Waals surface area contributed by atoms with Crippen LogP contribution in [0.2, 0.25) is 0 Å². The summed E-state index contributed by atoms with van der Waals surface area (Å²) in [7, 11) is -7.82. The number of hydrogen-bond acceptors (Lipinski definition) is 3. The van der Waals surface area contributed by atoms with Gasteiger partial charge in [-0.15, -0.1) is 0 Å². The van der Waals surface area contributed by atoms with Crippen molar-refractivity contribution in [3.63, 3.8) is 0 Å². The molecule has 4 nitrogen and oxygen atoms in total. The molecule has 0 aliphatic carbocycles. The highest BCUT2D eigenvalue weighted by Crippen LogP contribution is 2.50. The molecule has 0 atom stereocenters. The first kappa shape index (κ1) is 20.0. The van der Waals surface area contributed by atoms with E-state index >= 15 is 0 Å². The molecule has 0 aliphatic rings. The van der Waals surface area contributed by atoms with Gasteiger partial charge in [-0.1, -0.05) is 13.9 Å². The van der Waals surface area contributed by atoms with E-state index in [0.29, 0.717) is 0 Å². The lowest BCUT2D eigenvalue weighted by atomic mass is 10.5. The van der Waals surface area contributed by atoms with Gasteiger partial charge in [0.1, 0.15) is 4.75 Å². The Kier molecular flexibility index (Phi) is 4.81. The average molecular weight is 368 g/mol. The van der Waals surface area contributed by atoms with E-state index in [9.17, 15) is 61.3 Å². The second kappa shape index (κ2) is 5.04. The van der Waals surface area contributed by atoms with Crippen LogP contribution in [0.5, 0.6) is 0 Å². The minimum atomic E-state index is -7.82. The second-order valence-electron chi connectivity index (χ2n) is 3.01. The number of sulfonamides is 1. The molecule has 0 aromatic carbocycles. The van der Waals surface area contributed by atoms with E-state index in [0.717, 1.165) is 0 Å². The summed E-state index contributed by atoms with van der Waals surface area (Å²) in [5.41, 5.74) is 0. The van der Waals surface area contributed by atoms with Crippen LogP contribution < -0.4 is 0 Å². The van der Waals surface area contributed by atoms with E-state index in [1.165, 1.54) is 0 Å². The second-order valence-corrected chi connectivity index (χ2v) is 4.74. The Hall–Kier alpha value is -0.970. The van der Waals surface area contributed by atoms with E-state index in [1.54, 1.807) is 0 Å². The minimum absolute atomic E-state index is 3.63. The van der Waals surface area contributed by atoms with E-state index in [4.69, 9.17) is 0 Å². The summed E-state index contributed by atoms with van der Waals surface area (Å²) in [6.07, 6.45) is -14.5. The third kappa shape index (κ3) is 3.28. The fourth-order valence-electron chi connectivity index (χ4n) is 0.834. The molecule has 0 aromatic heterocycles. The first-order valence-corrected chi connectivity index (χ1v) is 5.31. The first-order chi connectivity index (χ1) is 8.81. The molecule has 0 aliphatic heterocycles. The van der Waals surface area contributed by atoms with Crippen LogP contribution in [0, 0.1) is 0 Å². The van der Waals surface area contributed by atoms with Gasteiger partial charge in [-0.05, 0) is 0 Å². The Balaban J connectivity index is 6.29. The minimum Gasteiger partial charge on any atom is -0.201 e. The van der Waals surface area contributed by atoms with Gasteiger partial charge < -0.3 is 0 Å². The van der Waals surface area contributed by atoms with Gasteiger partial charge in [0, 0.05) is 0 Å². The highest BCUT2D eigenvalue weighted by Gasteiger charge is 2.80. The van der Waals surface area contributed by atoms with Crippen molar-refractivity contribution in [2.45, 2.75) is 23.9 Å². The van der Waals surface area contributed by atoms with Crippen LogP contribution in [0.3, 0.4) is 0 Å². The molecule has 0 saturated carbocycles. The molecule has 21 heavy (non-hydrogen) atoms. The molecule has 0 amide bonds. The summed E-state index contributed by atoms with van der Waals surface area (Å²) in [6, 6.07) is -7.61. The van der Waals surface area contributed by atoms with Gasteiger partial charge in [0.2, 0.25) is 0 Å². The van der Waals surface area contributed by atoms with E-state index in [-0.39, 0.29) is 0 Å². The predicted octanol–water partition coefficient (Wildman–Crippen LogP) is 2.91. The number of alkyl halides is 10. The highest BCUT2D eigenvalue weighted by molar-refractivity contribution is 7.89. The van der Waals surface area contributed by atoms with Crippen LogP contribution in [-0.2, 0) is 10.0 Å². The molecule has 0 heterocycles. The third-order valence-electron chi connectivity index (χ3n) is 1.64. The molecule has 17 heteroatoms. The molecule has 0 fully saturated rings. The number of halogens is 12. The molecule has 0 bridgehead atoms. The monoisotopic (exact) mass is 368 g/mol. The quantitative estimate of drug-likeness (QED) is 0.435. The van der Waals surface area contributed by atoms with Gasteiger partial charge in [-0.25, -0.2) is 8.42 Å². The van der Waals surface area contributed by atoms with E-state index < -0.39 is 43.6 Å². The Bertz CT molecular complexity index is 462. The number of rotatable bonds is 4. The number of hydrogen-bond donors (Lipinski definition) is 0. The molecular formula is C4F12N2O2S. The van der Waals surface area contributed by atoms with Crippen molar-refractivity contribution in [1.82, 2.24) is 9.65 Å². The zero-order chi connectivity index (χ0) is 17.7. The molecule has 128 valence electrons. The third-order valence-corrected chi connectivity index (χ3v) is 2.90. The molecule has 0 aromatic rings. The van der Waals surface area contributed by atoms with Gasteiger partial charge >= 0.3 is 33.9 Å². The Morgan fingerprint density at radius 1 is 0.667 bits per heavy atom. The Morgan fingerprint density at radius 3 is 1.14 bits per heavy atom. The zero-order valence-electron chi connectivity index (χ0n) is 8.65. The van der Waals surface area contributed by atoms with Crippen LogP contribution in [0.25, 0.3) is 0 Å². The lowest BCUT2D eigenvalue weighted by Crippen LogP contribution is -2.67. The standard InChI is InChI=1S/C4F12N2O2S/c5-1(6,2(7,8)21(19,20)18(15)16)17(3(9,10)11)4(12,13)14. The molecule has 0 spiro atoms. The smallest absolute Gasteiger partial charge is 0.201 e. The van der Waals surface area contributed by atoms with Crippen LogP contribution >= 0.6 is 0 Å². The lowest BCUT2D eigenvalue weighted by Gasteiger charge is -2.36. The van der Waals surface area contributed by atoms with Crippen molar-refractivity contribution in [2.24, 2.45) is 0 Å². The van der Waals surface area contributed by atoms with Gasteiger partial charge in [-0.3, -0.25) is 0 Å². The summed E-state index contributed by atoms with van der Waals surface area (Å²) < 4.78 is 161. The SMILES string of the molecule is O=S(=O)(N(F)F)C(F)(F)C(F)(F)N(C(F)(F)F)C(F)(F)F. The van der Waals surface area contributed by atoms with Gasteiger partial charge in [0.05, 0.1) is 0 Å². The summed E-state index contributed by atoms with van der Waals surface area (Å²) in [4.78, 5) is -4.10. The van der Waals surface area contributed by atoms with Crippen LogP contribution in [0.15, 0.2) is 0 Å². The first-order valence-electron chi connectivity index (χ1n) is 3.87. The van der Waals surface area contributed by atoms with E-state index in [2.05, 4.69) is 0 Å². The van der Waals surface area contributed by atoms with Gasteiger partial charge in [0.15, 0.2) is 0 Å². The van der Waals surface area contributed by atoms with Crippen molar-refractivity contribution in [3.05, 3.63) is 0 Å². The Labute approximate surface area is 106 Å². The van der Waals surface area contributed by atoms with Gasteiger partial charge in [0.25, 0.3) is 0 Å². The molecular weight excluding hydrogens is 368 g/mol. The molecule has 0 radical (unpaired) electrons. The van der Waals surface area contributed by atoms with Crippen molar-refractivity contribution in [1.29, 1.82) is 0 Å². The zero-order valence-corrected chi connectivity index (χ0v) is 9.47. The van der Waals surface area contributed by atoms with E-state index in [1.807, 2.05) is 0 Å². The van der Waals surface area contributed by atoms with Crippen molar-refractivity contribution in [3.8, 4) is 0 Å². The molecule has 0 unspecified atom stereocenters. The van der Waals surface area contributed by atoms with Crippen LogP contribution in [-0.4, -0.2) is 42.0 Å². The fourth-order valence-corrected chi connectivity index (χ4v) is 1.41. The topological polar surface area (TPSA) is 40.6 Å². The molecule has 0 rings (SSSR count). The summed E-state index contributed by atoms with van der Waals surface area (Å²) in [5, 5.41) is -7.45. The van der Waals surface area contributed by atoms with Gasteiger partial charge in [-0.2, -0.15) is 43.9 Å². The van der Waals surface area contributed by atoms with Crippen LogP contribution in [0.4, 0.5) is 52.9 Å². The maximum atomic E-state index is 12.7. The largest absolute Gasteiger partial charge is 0.472 e. The molecule has 0 saturated heterocycles. The highest BCUT2D eigenvalue weighted by atomic mass is 32.2. The number of nitrogens with zero attached hydrogens (tertiary/aromatic N) is 2. The predicted molar refractivity (Wildman–Crippen MR) is 36.8 cm³/mol. The maximum Gasteiger partial charge on any atom is 0.472 e. The summed E-state index contributed by atoms with van der Waals surface area (Å²) in [5.74, 6) is 0. The average Bonchev–Trinajstić information content (AvgIpc) is 2.10. The maximum absolute atomic E-state index is 12.7. The molecule has 0 N–H and O–H groups in total. The lowest BCUT2D eigenvalue weighted by molar-refractivity contribution is -0.459. The van der Waals surface area contributed by atoms with Crippen molar-refractivity contribution in [2.75, 3.05) is 0 Å².